The summed E-state index contributed by atoms with van der Waals surface area (Å²) < 4.78 is 0. The number of hydrogen-bond acceptors (Lipinski definition) is 1. The molecule has 3 heteroatoms. The number of carbonyl (C=O) groups is 1. The summed E-state index contributed by atoms with van der Waals surface area (Å²) in [5, 5.41) is 2.86. The summed E-state index contributed by atoms with van der Waals surface area (Å²) in [7, 11) is 0. The van der Waals surface area contributed by atoms with Crippen molar-refractivity contribution in [3.8, 4) is 0 Å². The highest BCUT2D eigenvalue weighted by atomic mass is 35.5. The van der Waals surface area contributed by atoms with Gasteiger partial charge in [-0.15, -0.1) is 11.6 Å². The Morgan fingerprint density at radius 3 is 2.40 bits per heavy atom. The molecule has 90 valence electrons. The molecule has 0 bridgehead atoms. The van der Waals surface area contributed by atoms with Gasteiger partial charge in [0.2, 0.25) is 5.91 Å². The van der Waals surface area contributed by atoms with Crippen LogP contribution in [0.4, 0.5) is 0 Å². The Kier molecular flexibility index (Phi) is 11.6. The summed E-state index contributed by atoms with van der Waals surface area (Å²) >= 11 is 5.51. The molecule has 0 unspecified atom stereocenters. The maximum atomic E-state index is 11.3. The number of amides is 1. The molecule has 15 heavy (non-hydrogen) atoms. The van der Waals surface area contributed by atoms with Crippen molar-refractivity contribution >= 4 is 17.5 Å². The van der Waals surface area contributed by atoms with Crippen LogP contribution >= 0.6 is 11.6 Å². The molecule has 0 aromatic carbocycles. The van der Waals surface area contributed by atoms with Crippen molar-refractivity contribution in [1.29, 1.82) is 0 Å². The molecule has 0 saturated carbocycles. The summed E-state index contributed by atoms with van der Waals surface area (Å²) in [4.78, 5) is 11.3. The molecule has 0 heterocycles. The molecular formula is C12H24ClNO. The first kappa shape index (κ1) is 14.8. The average molecular weight is 234 g/mol. The molecule has 0 atom stereocenters. The second-order valence-electron chi connectivity index (χ2n) is 3.91. The number of hydrogen-bond donors (Lipinski definition) is 1. The van der Waals surface area contributed by atoms with Gasteiger partial charge < -0.3 is 5.32 Å². The highest BCUT2D eigenvalue weighted by Crippen LogP contribution is 2.06. The van der Waals surface area contributed by atoms with E-state index in [1.54, 1.807) is 0 Å². The van der Waals surface area contributed by atoms with E-state index in [1.165, 1.54) is 32.1 Å². The Bertz CT molecular complexity index is 151. The molecule has 0 rings (SSSR count). The van der Waals surface area contributed by atoms with Crippen LogP contribution in [-0.2, 0) is 4.79 Å². The van der Waals surface area contributed by atoms with Crippen molar-refractivity contribution in [2.75, 3.05) is 12.4 Å². The van der Waals surface area contributed by atoms with Crippen LogP contribution < -0.4 is 5.32 Å². The normalized spacial score (nSPS) is 10.3. The largest absolute Gasteiger partial charge is 0.356 e. The van der Waals surface area contributed by atoms with Gasteiger partial charge in [0.15, 0.2) is 0 Å². The number of rotatable bonds is 10. The molecule has 0 aliphatic carbocycles. The van der Waals surface area contributed by atoms with Crippen LogP contribution in [0.15, 0.2) is 0 Å². The lowest BCUT2D eigenvalue weighted by molar-refractivity contribution is -0.121. The van der Waals surface area contributed by atoms with Crippen LogP contribution in [0.25, 0.3) is 0 Å². The topological polar surface area (TPSA) is 29.1 Å². The molecule has 0 saturated heterocycles. The lowest BCUT2D eigenvalue weighted by atomic mass is 10.1. The molecule has 0 spiro atoms. The third-order valence-electron chi connectivity index (χ3n) is 2.39. The van der Waals surface area contributed by atoms with E-state index in [9.17, 15) is 4.79 Å². The molecule has 0 aromatic heterocycles. The van der Waals surface area contributed by atoms with Gasteiger partial charge in [-0.1, -0.05) is 39.0 Å². The van der Waals surface area contributed by atoms with Gasteiger partial charge >= 0.3 is 0 Å². The van der Waals surface area contributed by atoms with E-state index in [0.717, 1.165) is 19.4 Å². The number of unbranched alkanes of at least 4 members (excludes halogenated alkanes) is 5. The zero-order valence-corrected chi connectivity index (χ0v) is 10.6. The van der Waals surface area contributed by atoms with Crippen LogP contribution in [0.5, 0.6) is 0 Å². The van der Waals surface area contributed by atoms with Gasteiger partial charge in [0, 0.05) is 18.8 Å². The van der Waals surface area contributed by atoms with Crippen LogP contribution in [0, 0.1) is 0 Å². The van der Waals surface area contributed by atoms with Crippen molar-refractivity contribution < 1.29 is 4.79 Å². The summed E-state index contributed by atoms with van der Waals surface area (Å²) in [6, 6.07) is 0. The number of alkyl halides is 1. The number of carbonyl (C=O) groups excluding carboxylic acids is 1. The third kappa shape index (κ3) is 11.7. The van der Waals surface area contributed by atoms with E-state index in [4.69, 9.17) is 11.6 Å². The minimum absolute atomic E-state index is 0.176. The molecule has 0 aromatic rings. The summed E-state index contributed by atoms with van der Waals surface area (Å²) in [5.41, 5.74) is 0. The minimum Gasteiger partial charge on any atom is -0.356 e. The first-order valence-corrected chi connectivity index (χ1v) is 6.67. The maximum Gasteiger partial charge on any atom is 0.219 e. The Morgan fingerprint density at radius 1 is 1.07 bits per heavy atom. The Balaban J connectivity index is 3.10. The van der Waals surface area contributed by atoms with Gasteiger partial charge in [-0.2, -0.15) is 0 Å². The second-order valence-corrected chi connectivity index (χ2v) is 4.29. The zero-order valence-electron chi connectivity index (χ0n) is 9.86. The highest BCUT2D eigenvalue weighted by Gasteiger charge is 1.99. The van der Waals surface area contributed by atoms with Crippen LogP contribution in [0.2, 0.25) is 0 Å². The fourth-order valence-electron chi connectivity index (χ4n) is 1.45. The second kappa shape index (κ2) is 11.8. The van der Waals surface area contributed by atoms with Crippen molar-refractivity contribution in [3.63, 3.8) is 0 Å². The summed E-state index contributed by atoms with van der Waals surface area (Å²) in [6.45, 7) is 2.93. The van der Waals surface area contributed by atoms with Gasteiger partial charge in [-0.05, 0) is 12.8 Å². The van der Waals surface area contributed by atoms with Gasteiger partial charge in [-0.3, -0.25) is 4.79 Å². The van der Waals surface area contributed by atoms with Crippen molar-refractivity contribution in [3.05, 3.63) is 0 Å². The fourth-order valence-corrected chi connectivity index (χ4v) is 1.58. The van der Waals surface area contributed by atoms with Crippen LogP contribution in [0.1, 0.15) is 58.3 Å². The van der Waals surface area contributed by atoms with E-state index in [0.29, 0.717) is 12.3 Å². The molecule has 0 aliphatic heterocycles. The third-order valence-corrected chi connectivity index (χ3v) is 2.66. The van der Waals surface area contributed by atoms with Crippen molar-refractivity contribution in [1.82, 2.24) is 5.32 Å². The van der Waals surface area contributed by atoms with Gasteiger partial charge in [0.05, 0.1) is 0 Å². The first-order valence-electron chi connectivity index (χ1n) is 6.14. The van der Waals surface area contributed by atoms with E-state index in [1.807, 2.05) is 0 Å². The van der Waals surface area contributed by atoms with Crippen LogP contribution in [0.3, 0.4) is 0 Å². The molecule has 0 fully saturated rings. The lowest BCUT2D eigenvalue weighted by Gasteiger charge is -2.03. The summed E-state index contributed by atoms with van der Waals surface area (Å²) in [6.07, 6.45) is 8.92. The van der Waals surface area contributed by atoms with E-state index >= 15 is 0 Å². The molecule has 0 aliphatic rings. The molecule has 1 amide bonds. The van der Waals surface area contributed by atoms with Gasteiger partial charge in [-0.25, -0.2) is 0 Å². The van der Waals surface area contributed by atoms with E-state index in [-0.39, 0.29) is 5.91 Å². The molecular weight excluding hydrogens is 210 g/mol. The Morgan fingerprint density at radius 2 is 1.73 bits per heavy atom. The standard InChI is InChI=1S/C12H24ClNO/c1-2-3-4-5-6-7-9-12(15)14-11-8-10-13/h2-11H2,1H3,(H,14,15). The zero-order chi connectivity index (χ0) is 11.4. The molecule has 2 nitrogen and oxygen atoms in total. The first-order chi connectivity index (χ1) is 7.31. The van der Waals surface area contributed by atoms with Crippen molar-refractivity contribution in [2.45, 2.75) is 58.3 Å². The molecule has 0 radical (unpaired) electrons. The van der Waals surface area contributed by atoms with E-state index in [2.05, 4.69) is 12.2 Å². The van der Waals surface area contributed by atoms with Gasteiger partial charge in [0.25, 0.3) is 0 Å². The van der Waals surface area contributed by atoms with Crippen LogP contribution in [-0.4, -0.2) is 18.3 Å². The summed E-state index contributed by atoms with van der Waals surface area (Å²) in [5.74, 6) is 0.799. The minimum atomic E-state index is 0.176. The fraction of sp³-hybridized carbons (Fsp3) is 0.917. The Labute approximate surface area is 98.8 Å². The predicted octanol–water partition coefficient (Wildman–Crippen LogP) is 3.48. The SMILES string of the molecule is CCCCCCCCC(=O)NCCCCl. The molecule has 1 N–H and O–H groups in total. The predicted molar refractivity (Wildman–Crippen MR) is 66.3 cm³/mol. The lowest BCUT2D eigenvalue weighted by Crippen LogP contribution is -2.24. The quantitative estimate of drug-likeness (QED) is 0.454. The van der Waals surface area contributed by atoms with Gasteiger partial charge in [0.1, 0.15) is 0 Å². The monoisotopic (exact) mass is 233 g/mol. The average Bonchev–Trinajstić information content (AvgIpc) is 2.23. The smallest absolute Gasteiger partial charge is 0.219 e. The number of nitrogens with one attached hydrogen (secondary N) is 1. The Hall–Kier alpha value is -0.240. The highest BCUT2D eigenvalue weighted by molar-refractivity contribution is 6.17. The maximum absolute atomic E-state index is 11.3. The number of halogens is 1. The van der Waals surface area contributed by atoms with Crippen molar-refractivity contribution in [2.24, 2.45) is 0 Å². The van der Waals surface area contributed by atoms with E-state index < -0.39 is 0 Å².